The van der Waals surface area contributed by atoms with Crippen molar-refractivity contribution in [1.82, 2.24) is 9.62 Å². The first-order valence-corrected chi connectivity index (χ1v) is 8.43. The fourth-order valence-corrected chi connectivity index (χ4v) is 3.71. The van der Waals surface area contributed by atoms with Gasteiger partial charge in [0.2, 0.25) is 10.0 Å². The average molecular weight is 296 g/mol. The van der Waals surface area contributed by atoms with Crippen LogP contribution in [0.2, 0.25) is 0 Å². The molecule has 1 amide bonds. The van der Waals surface area contributed by atoms with Crippen molar-refractivity contribution in [2.24, 2.45) is 0 Å². The second kappa shape index (κ2) is 6.37. The molecule has 110 valence electrons. The van der Waals surface area contributed by atoms with Gasteiger partial charge in [-0.15, -0.1) is 0 Å². The highest BCUT2D eigenvalue weighted by atomic mass is 32.2. The first kappa shape index (κ1) is 15.0. The van der Waals surface area contributed by atoms with Gasteiger partial charge in [0.15, 0.2) is 0 Å². The van der Waals surface area contributed by atoms with E-state index in [0.29, 0.717) is 18.7 Å². The molecule has 1 N–H and O–H groups in total. The molecule has 0 aromatic heterocycles. The number of carbonyl (C=O) groups excluding carboxylic acids is 1. The summed E-state index contributed by atoms with van der Waals surface area (Å²) >= 11 is 0. The molecule has 1 aliphatic heterocycles. The second-order valence-electron chi connectivity index (χ2n) is 5.05. The Labute approximate surface area is 120 Å². The average Bonchev–Trinajstić information content (AvgIpc) is 2.93. The van der Waals surface area contributed by atoms with E-state index in [1.54, 1.807) is 12.1 Å². The Morgan fingerprint density at radius 3 is 2.65 bits per heavy atom. The number of hydrogen-bond donors (Lipinski definition) is 1. The fraction of sp³-hybridized carbons (Fsp3) is 0.500. The van der Waals surface area contributed by atoms with E-state index in [2.05, 4.69) is 5.32 Å². The van der Waals surface area contributed by atoms with Crippen LogP contribution >= 0.6 is 0 Å². The maximum absolute atomic E-state index is 12.0. The zero-order valence-electron chi connectivity index (χ0n) is 11.6. The van der Waals surface area contributed by atoms with Gasteiger partial charge < -0.3 is 5.32 Å². The Morgan fingerprint density at radius 2 is 2.00 bits per heavy atom. The Bertz CT molecular complexity index is 578. The molecular weight excluding hydrogens is 276 g/mol. The third-order valence-corrected chi connectivity index (χ3v) is 5.26. The lowest BCUT2D eigenvalue weighted by Gasteiger charge is -2.15. The first-order valence-electron chi connectivity index (χ1n) is 6.82. The first-order chi connectivity index (χ1) is 9.49. The van der Waals surface area contributed by atoms with Crippen molar-refractivity contribution in [3.8, 4) is 0 Å². The lowest BCUT2D eigenvalue weighted by Crippen LogP contribution is -2.36. The zero-order valence-corrected chi connectivity index (χ0v) is 12.4. The van der Waals surface area contributed by atoms with Crippen LogP contribution in [-0.4, -0.2) is 44.0 Å². The predicted octanol–water partition coefficient (Wildman–Crippen LogP) is 1.15. The molecule has 0 bridgehead atoms. The number of nitrogens with zero attached hydrogens (tertiary/aromatic N) is 1. The normalized spacial score (nSPS) is 16.2. The number of sulfonamides is 1. The van der Waals surface area contributed by atoms with Gasteiger partial charge in [0.25, 0.3) is 5.91 Å². The zero-order chi connectivity index (χ0) is 14.6. The van der Waals surface area contributed by atoms with Crippen LogP contribution in [0.3, 0.4) is 0 Å². The van der Waals surface area contributed by atoms with Crippen LogP contribution in [0.25, 0.3) is 0 Å². The van der Waals surface area contributed by atoms with E-state index in [4.69, 9.17) is 0 Å². The largest absolute Gasteiger partial charge is 0.351 e. The molecule has 1 aromatic rings. The number of aryl methyl sites for hydroxylation is 1. The minimum Gasteiger partial charge on any atom is -0.351 e. The molecule has 1 aromatic carbocycles. The van der Waals surface area contributed by atoms with Gasteiger partial charge in [-0.1, -0.05) is 17.7 Å². The quantitative estimate of drug-likeness (QED) is 0.886. The van der Waals surface area contributed by atoms with Crippen LogP contribution in [0, 0.1) is 6.92 Å². The molecule has 0 unspecified atom stereocenters. The molecule has 6 heteroatoms. The Kier molecular flexibility index (Phi) is 4.77. The summed E-state index contributed by atoms with van der Waals surface area (Å²) < 4.78 is 25.5. The van der Waals surface area contributed by atoms with Crippen molar-refractivity contribution in [2.75, 3.05) is 25.4 Å². The minimum absolute atomic E-state index is 0.0371. The van der Waals surface area contributed by atoms with Gasteiger partial charge in [-0.2, -0.15) is 0 Å². The van der Waals surface area contributed by atoms with Crippen molar-refractivity contribution in [3.63, 3.8) is 0 Å². The van der Waals surface area contributed by atoms with Gasteiger partial charge in [0, 0.05) is 25.2 Å². The molecule has 0 atom stereocenters. The van der Waals surface area contributed by atoms with Crippen molar-refractivity contribution in [3.05, 3.63) is 35.4 Å². The monoisotopic (exact) mass is 296 g/mol. The molecule has 20 heavy (non-hydrogen) atoms. The Balaban J connectivity index is 1.85. The molecule has 0 radical (unpaired) electrons. The molecule has 0 spiro atoms. The van der Waals surface area contributed by atoms with Crippen molar-refractivity contribution >= 4 is 15.9 Å². The van der Waals surface area contributed by atoms with E-state index in [0.717, 1.165) is 18.4 Å². The summed E-state index contributed by atoms with van der Waals surface area (Å²) in [5, 5.41) is 2.66. The van der Waals surface area contributed by atoms with E-state index in [1.165, 1.54) is 4.31 Å². The van der Waals surface area contributed by atoms with Crippen LogP contribution in [0.1, 0.15) is 28.8 Å². The topological polar surface area (TPSA) is 66.5 Å². The lowest BCUT2D eigenvalue weighted by atomic mass is 10.1. The molecule has 5 nitrogen and oxygen atoms in total. The van der Waals surface area contributed by atoms with Crippen molar-refractivity contribution < 1.29 is 13.2 Å². The predicted molar refractivity (Wildman–Crippen MR) is 78.1 cm³/mol. The number of nitrogens with one attached hydrogen (secondary N) is 1. The summed E-state index contributed by atoms with van der Waals surface area (Å²) in [6, 6.07) is 7.22. The van der Waals surface area contributed by atoms with Crippen LogP contribution in [0.5, 0.6) is 0 Å². The highest BCUT2D eigenvalue weighted by molar-refractivity contribution is 7.89. The van der Waals surface area contributed by atoms with Gasteiger partial charge >= 0.3 is 0 Å². The van der Waals surface area contributed by atoms with Gasteiger partial charge in [-0.05, 0) is 31.9 Å². The number of rotatable bonds is 5. The minimum atomic E-state index is -3.23. The summed E-state index contributed by atoms with van der Waals surface area (Å²) in [6.45, 7) is 3.27. The highest BCUT2D eigenvalue weighted by Gasteiger charge is 2.24. The third-order valence-electron chi connectivity index (χ3n) is 3.38. The summed E-state index contributed by atoms with van der Waals surface area (Å²) in [5.74, 6) is -0.268. The molecular formula is C14H20N2O3S. The standard InChI is InChI=1S/C14H20N2O3S/c1-12-5-4-6-13(11-12)14(17)15-7-10-20(18,19)16-8-2-3-9-16/h4-6,11H,2-3,7-10H2,1H3,(H,15,17). The molecule has 1 aliphatic rings. The van der Waals surface area contributed by atoms with E-state index in [-0.39, 0.29) is 18.2 Å². The van der Waals surface area contributed by atoms with Crippen LogP contribution in [0.4, 0.5) is 0 Å². The summed E-state index contributed by atoms with van der Waals surface area (Å²) in [7, 11) is -3.23. The van der Waals surface area contributed by atoms with Crippen LogP contribution < -0.4 is 5.32 Å². The van der Waals surface area contributed by atoms with Gasteiger partial charge in [0.1, 0.15) is 0 Å². The number of carbonyl (C=O) groups is 1. The highest BCUT2D eigenvalue weighted by Crippen LogP contribution is 2.12. The molecule has 1 heterocycles. The maximum atomic E-state index is 12.0. The van der Waals surface area contributed by atoms with E-state index < -0.39 is 10.0 Å². The second-order valence-corrected chi connectivity index (χ2v) is 7.14. The van der Waals surface area contributed by atoms with E-state index in [9.17, 15) is 13.2 Å². The van der Waals surface area contributed by atoms with Gasteiger partial charge in [-0.25, -0.2) is 12.7 Å². The number of benzene rings is 1. The summed E-state index contributed by atoms with van der Waals surface area (Å²) in [4.78, 5) is 11.9. The van der Waals surface area contributed by atoms with Crippen LogP contribution in [-0.2, 0) is 10.0 Å². The molecule has 0 saturated carbocycles. The number of amides is 1. The Hall–Kier alpha value is -1.40. The maximum Gasteiger partial charge on any atom is 0.251 e. The molecule has 1 saturated heterocycles. The lowest BCUT2D eigenvalue weighted by molar-refractivity contribution is 0.0956. The van der Waals surface area contributed by atoms with Crippen molar-refractivity contribution in [1.29, 1.82) is 0 Å². The molecule has 2 rings (SSSR count). The van der Waals surface area contributed by atoms with Crippen molar-refractivity contribution in [2.45, 2.75) is 19.8 Å². The number of hydrogen-bond acceptors (Lipinski definition) is 3. The SMILES string of the molecule is Cc1cccc(C(=O)NCCS(=O)(=O)N2CCCC2)c1. The summed E-state index contributed by atoms with van der Waals surface area (Å²) in [5.41, 5.74) is 1.56. The van der Waals surface area contributed by atoms with E-state index >= 15 is 0 Å². The third kappa shape index (κ3) is 3.80. The smallest absolute Gasteiger partial charge is 0.251 e. The molecule has 1 fully saturated rings. The van der Waals surface area contributed by atoms with Gasteiger partial charge in [-0.3, -0.25) is 4.79 Å². The van der Waals surface area contributed by atoms with Crippen LogP contribution in [0.15, 0.2) is 24.3 Å². The Morgan fingerprint density at radius 1 is 1.30 bits per heavy atom. The fourth-order valence-electron chi connectivity index (χ4n) is 2.28. The molecule has 0 aliphatic carbocycles. The van der Waals surface area contributed by atoms with E-state index in [1.807, 2.05) is 19.1 Å². The summed E-state index contributed by atoms with van der Waals surface area (Å²) in [6.07, 6.45) is 1.85. The van der Waals surface area contributed by atoms with Gasteiger partial charge in [0.05, 0.1) is 5.75 Å².